The van der Waals surface area contributed by atoms with Gasteiger partial charge in [-0.1, -0.05) is 26.0 Å². The minimum Gasteiger partial charge on any atom is -0.481 e. The molecule has 2 aromatic carbocycles. The summed E-state index contributed by atoms with van der Waals surface area (Å²) in [6.45, 7) is 4.08. The van der Waals surface area contributed by atoms with Crippen LogP contribution in [0.5, 0.6) is 0 Å². The Bertz CT molecular complexity index is 1230. The zero-order valence-corrected chi connectivity index (χ0v) is 20.7. The molecule has 0 spiro atoms. The van der Waals surface area contributed by atoms with Crippen LogP contribution in [0.3, 0.4) is 0 Å². The summed E-state index contributed by atoms with van der Waals surface area (Å²) in [5.41, 5.74) is 1.90. The molecule has 0 aliphatic carbocycles. The van der Waals surface area contributed by atoms with Gasteiger partial charge in [-0.05, 0) is 60.7 Å². The molecule has 4 N–H and O–H groups in total. The van der Waals surface area contributed by atoms with Crippen LogP contribution in [0.2, 0.25) is 0 Å². The van der Waals surface area contributed by atoms with E-state index in [-0.39, 0.29) is 37.5 Å². The summed E-state index contributed by atoms with van der Waals surface area (Å²) in [5.74, 6) is -2.23. The van der Waals surface area contributed by atoms with Crippen molar-refractivity contribution in [2.24, 2.45) is 0 Å². The number of halogens is 2. The highest BCUT2D eigenvalue weighted by Gasteiger charge is 2.26. The lowest BCUT2D eigenvalue weighted by molar-refractivity contribution is -0.139. The first-order chi connectivity index (χ1) is 17.5. The topological polar surface area (TPSA) is 125 Å². The fraction of sp³-hybridized carbons (Fsp3) is 0.370. The van der Waals surface area contributed by atoms with E-state index in [0.29, 0.717) is 22.6 Å². The molecule has 1 amide bonds. The molecular formula is C27H31F2N3O5. The molecule has 1 heterocycles. The van der Waals surface area contributed by atoms with Crippen LogP contribution in [0.4, 0.5) is 8.78 Å². The Morgan fingerprint density at radius 1 is 1.03 bits per heavy atom. The molecular weight excluding hydrogens is 484 g/mol. The molecule has 0 aliphatic heterocycles. The molecule has 0 fully saturated rings. The van der Waals surface area contributed by atoms with Gasteiger partial charge in [0, 0.05) is 18.7 Å². The van der Waals surface area contributed by atoms with Gasteiger partial charge in [-0.2, -0.15) is 0 Å². The Kier molecular flexibility index (Phi) is 9.48. The van der Waals surface area contributed by atoms with Gasteiger partial charge in [0.25, 0.3) is 5.91 Å². The molecule has 0 saturated carbocycles. The molecule has 0 radical (unpaired) electrons. The second-order valence-electron chi connectivity index (χ2n) is 9.22. The van der Waals surface area contributed by atoms with Gasteiger partial charge in [0.15, 0.2) is 0 Å². The van der Waals surface area contributed by atoms with Crippen LogP contribution in [-0.4, -0.2) is 49.0 Å². The van der Waals surface area contributed by atoms with E-state index in [0.717, 1.165) is 0 Å². The molecule has 3 aromatic rings. The minimum absolute atomic E-state index is 0.0903. The van der Waals surface area contributed by atoms with Crippen LogP contribution in [0, 0.1) is 11.6 Å². The summed E-state index contributed by atoms with van der Waals surface area (Å²) in [6.07, 6.45) is -2.63. The minimum atomic E-state index is -1.19. The molecule has 37 heavy (non-hydrogen) atoms. The molecule has 8 nitrogen and oxygen atoms in total. The number of rotatable bonds is 12. The van der Waals surface area contributed by atoms with E-state index < -0.39 is 42.1 Å². The van der Waals surface area contributed by atoms with Crippen molar-refractivity contribution in [2.45, 2.75) is 64.3 Å². The number of hydrogen-bond donors (Lipinski definition) is 4. The van der Waals surface area contributed by atoms with Gasteiger partial charge in [-0.25, -0.2) is 13.8 Å². The number of aliphatic hydroxyl groups is 2. The van der Waals surface area contributed by atoms with E-state index in [1.807, 2.05) is 13.8 Å². The smallest absolute Gasteiger partial charge is 0.305 e. The monoisotopic (exact) mass is 515 g/mol. The van der Waals surface area contributed by atoms with Gasteiger partial charge in [0.1, 0.15) is 23.2 Å². The number of benzene rings is 2. The van der Waals surface area contributed by atoms with Crippen LogP contribution in [0.25, 0.3) is 11.4 Å². The number of hydrogen-bond acceptors (Lipinski definition) is 5. The molecule has 198 valence electrons. The molecule has 0 aliphatic rings. The highest BCUT2D eigenvalue weighted by Crippen LogP contribution is 2.29. The van der Waals surface area contributed by atoms with Gasteiger partial charge in [-0.15, -0.1) is 0 Å². The molecule has 3 rings (SSSR count). The van der Waals surface area contributed by atoms with Crippen molar-refractivity contribution in [3.05, 3.63) is 77.1 Å². The fourth-order valence-electron chi connectivity index (χ4n) is 4.17. The van der Waals surface area contributed by atoms with Crippen molar-refractivity contribution in [1.82, 2.24) is 14.9 Å². The number of aromatic nitrogens is 2. The number of carbonyl (C=O) groups excluding carboxylic acids is 1. The Labute approximate surface area is 213 Å². The first-order valence-corrected chi connectivity index (χ1v) is 12.0. The number of aliphatic hydroxyl groups excluding tert-OH is 2. The second kappa shape index (κ2) is 12.6. The number of aliphatic carboxylic acids is 1. The first kappa shape index (κ1) is 27.9. The van der Waals surface area contributed by atoms with Crippen LogP contribution in [0.1, 0.15) is 60.8 Å². The summed E-state index contributed by atoms with van der Waals surface area (Å²) in [7, 11) is 0. The van der Waals surface area contributed by atoms with E-state index >= 15 is 0 Å². The van der Waals surface area contributed by atoms with Crippen molar-refractivity contribution in [1.29, 1.82) is 0 Å². The predicted octanol–water partition coefficient (Wildman–Crippen LogP) is 3.86. The van der Waals surface area contributed by atoms with Gasteiger partial charge in [-0.3, -0.25) is 9.59 Å². The average molecular weight is 516 g/mol. The zero-order chi connectivity index (χ0) is 27.1. The third-order valence-electron chi connectivity index (χ3n) is 5.85. The Hall–Kier alpha value is -3.63. The van der Waals surface area contributed by atoms with Crippen LogP contribution in [-0.2, 0) is 17.9 Å². The van der Waals surface area contributed by atoms with Crippen LogP contribution < -0.4 is 5.32 Å². The normalized spacial score (nSPS) is 12.9. The van der Waals surface area contributed by atoms with Crippen molar-refractivity contribution >= 4 is 11.9 Å². The lowest BCUT2D eigenvalue weighted by atomic mass is 10.0. The first-order valence-electron chi connectivity index (χ1n) is 12.0. The van der Waals surface area contributed by atoms with Crippen molar-refractivity contribution in [3.8, 4) is 11.4 Å². The van der Waals surface area contributed by atoms with Crippen molar-refractivity contribution in [3.63, 3.8) is 0 Å². The predicted molar refractivity (Wildman–Crippen MR) is 133 cm³/mol. The summed E-state index contributed by atoms with van der Waals surface area (Å²) in [5, 5.41) is 31.9. The summed E-state index contributed by atoms with van der Waals surface area (Å²) >= 11 is 0. The summed E-state index contributed by atoms with van der Waals surface area (Å²) < 4.78 is 28.9. The zero-order valence-electron chi connectivity index (χ0n) is 20.7. The van der Waals surface area contributed by atoms with Gasteiger partial charge in [0.05, 0.1) is 24.3 Å². The van der Waals surface area contributed by atoms with Crippen LogP contribution >= 0.6 is 0 Å². The van der Waals surface area contributed by atoms with E-state index in [1.165, 1.54) is 24.3 Å². The number of nitrogens with one attached hydrogen (secondary N) is 1. The Morgan fingerprint density at radius 2 is 1.73 bits per heavy atom. The Morgan fingerprint density at radius 3 is 2.35 bits per heavy atom. The van der Waals surface area contributed by atoms with Crippen molar-refractivity contribution < 1.29 is 33.7 Å². The summed E-state index contributed by atoms with van der Waals surface area (Å²) in [6, 6.07) is 11.5. The SMILES string of the molecule is CC(C)c1c(C(=O)NCc2cccc(F)c2)nc(-c2ccc(F)cc2)n1CC[C@@H](O)C[C@@H](O)CC(=O)O. The van der Waals surface area contributed by atoms with E-state index in [1.54, 1.807) is 28.8 Å². The highest BCUT2D eigenvalue weighted by molar-refractivity contribution is 5.94. The van der Waals surface area contributed by atoms with Gasteiger partial charge < -0.3 is 25.2 Å². The molecule has 0 saturated heterocycles. The standard InChI is InChI=1S/C27H31F2N3O5/c1-16(2)25-24(27(37)30-15-17-4-3-5-20(29)12-17)31-26(18-6-8-19(28)9-7-18)32(25)11-10-21(33)13-22(34)14-23(35)36/h3-9,12,16,21-22,33-34H,10-11,13-15H2,1-2H3,(H,30,37)(H,35,36)/t21-,22-/m1/s1. The molecule has 0 bridgehead atoms. The molecule has 2 atom stereocenters. The maximum absolute atomic E-state index is 13.6. The number of carbonyl (C=O) groups is 2. The molecule has 0 unspecified atom stereocenters. The number of nitrogens with zero attached hydrogens (tertiary/aromatic N) is 2. The largest absolute Gasteiger partial charge is 0.481 e. The second-order valence-corrected chi connectivity index (χ2v) is 9.22. The molecule has 1 aromatic heterocycles. The third-order valence-corrected chi connectivity index (χ3v) is 5.85. The quantitative estimate of drug-likeness (QED) is 0.290. The summed E-state index contributed by atoms with van der Waals surface area (Å²) in [4.78, 5) is 28.6. The Balaban J connectivity index is 1.90. The average Bonchev–Trinajstić information content (AvgIpc) is 3.21. The number of carboxylic acid groups (broad SMARTS) is 1. The highest BCUT2D eigenvalue weighted by atomic mass is 19.1. The van der Waals surface area contributed by atoms with Gasteiger partial charge >= 0.3 is 5.97 Å². The molecule has 10 heteroatoms. The van der Waals surface area contributed by atoms with E-state index in [4.69, 9.17) is 5.11 Å². The van der Waals surface area contributed by atoms with E-state index in [9.17, 15) is 28.6 Å². The maximum atomic E-state index is 13.6. The van der Waals surface area contributed by atoms with Crippen molar-refractivity contribution in [2.75, 3.05) is 0 Å². The van der Waals surface area contributed by atoms with Gasteiger partial charge in [0.2, 0.25) is 0 Å². The third kappa shape index (κ3) is 7.68. The number of imidazole rings is 1. The fourth-order valence-corrected chi connectivity index (χ4v) is 4.17. The lowest BCUT2D eigenvalue weighted by Crippen LogP contribution is -2.25. The number of amides is 1. The van der Waals surface area contributed by atoms with Crippen LogP contribution in [0.15, 0.2) is 48.5 Å². The lowest BCUT2D eigenvalue weighted by Gasteiger charge is -2.19. The maximum Gasteiger partial charge on any atom is 0.305 e. The number of carboxylic acids is 1. The van der Waals surface area contributed by atoms with E-state index in [2.05, 4.69) is 10.3 Å².